The molecule has 0 aromatic carbocycles. The van der Waals surface area contributed by atoms with Crippen molar-refractivity contribution in [2.24, 2.45) is 5.92 Å². The maximum absolute atomic E-state index is 10.9. The van der Waals surface area contributed by atoms with Crippen molar-refractivity contribution < 1.29 is 19.1 Å². The van der Waals surface area contributed by atoms with Crippen LogP contribution in [0.15, 0.2) is 10.5 Å². The smallest absolute Gasteiger partial charge is 0.339 e. The van der Waals surface area contributed by atoms with Crippen LogP contribution in [0.25, 0.3) is 0 Å². The number of aromatic carboxylic acids is 1. The standard InChI is InChI=1S/C13H19NO4/c1-8(10-3-4-17-7-10)14-6-11-5-12(13(15)16)9(2)18-11/h5,8,10,14H,3-4,6-7H2,1-2H3,(H,15,16). The third-order valence-electron chi connectivity index (χ3n) is 3.47. The Morgan fingerprint density at radius 3 is 3.00 bits per heavy atom. The van der Waals surface area contributed by atoms with Gasteiger partial charge in [-0.3, -0.25) is 0 Å². The third-order valence-corrected chi connectivity index (χ3v) is 3.47. The number of hydrogen-bond acceptors (Lipinski definition) is 4. The number of nitrogens with one attached hydrogen (secondary N) is 1. The Labute approximate surface area is 106 Å². The highest BCUT2D eigenvalue weighted by Gasteiger charge is 2.22. The SMILES string of the molecule is Cc1oc(CNC(C)C2CCOC2)cc1C(=O)O. The van der Waals surface area contributed by atoms with E-state index in [0.29, 0.717) is 30.0 Å². The number of carboxylic acids is 1. The van der Waals surface area contributed by atoms with Gasteiger partial charge in [0.25, 0.3) is 0 Å². The zero-order valence-corrected chi connectivity index (χ0v) is 10.7. The first-order valence-electron chi connectivity index (χ1n) is 6.21. The third kappa shape index (κ3) is 2.91. The Balaban J connectivity index is 1.89. The summed E-state index contributed by atoms with van der Waals surface area (Å²) >= 11 is 0. The average Bonchev–Trinajstić information content (AvgIpc) is 2.94. The predicted octanol–water partition coefficient (Wildman–Crippen LogP) is 1.80. The number of rotatable bonds is 5. The van der Waals surface area contributed by atoms with Gasteiger partial charge in [-0.2, -0.15) is 0 Å². The van der Waals surface area contributed by atoms with Crippen molar-refractivity contribution in [3.63, 3.8) is 0 Å². The molecule has 0 radical (unpaired) electrons. The largest absolute Gasteiger partial charge is 0.478 e. The van der Waals surface area contributed by atoms with Crippen molar-refractivity contribution in [1.82, 2.24) is 5.32 Å². The molecule has 0 amide bonds. The lowest BCUT2D eigenvalue weighted by Gasteiger charge is -2.18. The summed E-state index contributed by atoms with van der Waals surface area (Å²) in [6.07, 6.45) is 1.08. The average molecular weight is 253 g/mol. The number of ether oxygens (including phenoxy) is 1. The molecule has 5 nitrogen and oxygen atoms in total. The van der Waals surface area contributed by atoms with Crippen LogP contribution < -0.4 is 5.32 Å². The van der Waals surface area contributed by atoms with Gasteiger partial charge in [0.05, 0.1) is 13.2 Å². The fourth-order valence-electron chi connectivity index (χ4n) is 2.22. The maximum atomic E-state index is 10.9. The fraction of sp³-hybridized carbons (Fsp3) is 0.615. The molecule has 1 aromatic heterocycles. The van der Waals surface area contributed by atoms with Crippen LogP contribution in [-0.4, -0.2) is 30.3 Å². The molecule has 100 valence electrons. The molecule has 0 bridgehead atoms. The minimum atomic E-state index is -0.945. The van der Waals surface area contributed by atoms with E-state index in [-0.39, 0.29) is 5.56 Å². The summed E-state index contributed by atoms with van der Waals surface area (Å²) in [5.74, 6) is 0.701. The zero-order valence-electron chi connectivity index (χ0n) is 10.7. The van der Waals surface area contributed by atoms with Gasteiger partial charge in [-0.15, -0.1) is 0 Å². The van der Waals surface area contributed by atoms with Crippen molar-refractivity contribution in [1.29, 1.82) is 0 Å². The monoisotopic (exact) mass is 253 g/mol. The number of hydrogen-bond donors (Lipinski definition) is 2. The van der Waals surface area contributed by atoms with Crippen LogP contribution in [0.5, 0.6) is 0 Å². The van der Waals surface area contributed by atoms with Crippen LogP contribution in [-0.2, 0) is 11.3 Å². The van der Waals surface area contributed by atoms with Crippen LogP contribution >= 0.6 is 0 Å². The van der Waals surface area contributed by atoms with Crippen molar-refractivity contribution >= 4 is 5.97 Å². The topological polar surface area (TPSA) is 71.7 Å². The van der Waals surface area contributed by atoms with E-state index < -0.39 is 5.97 Å². The minimum absolute atomic E-state index is 0.239. The molecule has 2 N–H and O–H groups in total. The summed E-state index contributed by atoms with van der Waals surface area (Å²) in [7, 11) is 0. The normalized spacial score (nSPS) is 21.1. The second-order valence-corrected chi connectivity index (χ2v) is 4.78. The van der Waals surface area contributed by atoms with Gasteiger partial charge in [0, 0.05) is 12.6 Å². The van der Waals surface area contributed by atoms with Crippen molar-refractivity contribution in [2.45, 2.75) is 32.9 Å². The van der Waals surface area contributed by atoms with Crippen LogP contribution in [0.1, 0.15) is 35.2 Å². The first-order chi connectivity index (χ1) is 8.58. The molecule has 1 fully saturated rings. The Kier molecular flexibility index (Phi) is 4.04. The van der Waals surface area contributed by atoms with Gasteiger partial charge in [-0.25, -0.2) is 4.79 Å². The Morgan fingerprint density at radius 1 is 1.67 bits per heavy atom. The quantitative estimate of drug-likeness (QED) is 0.837. The highest BCUT2D eigenvalue weighted by Crippen LogP contribution is 2.18. The van der Waals surface area contributed by atoms with E-state index in [2.05, 4.69) is 12.2 Å². The van der Waals surface area contributed by atoms with Crippen LogP contribution in [0.3, 0.4) is 0 Å². The molecule has 1 saturated heterocycles. The second-order valence-electron chi connectivity index (χ2n) is 4.78. The van der Waals surface area contributed by atoms with Gasteiger partial charge in [0.15, 0.2) is 0 Å². The molecule has 1 aromatic rings. The summed E-state index contributed by atoms with van der Waals surface area (Å²) in [6.45, 7) is 5.96. The second kappa shape index (κ2) is 5.54. The number of furan rings is 1. The van der Waals surface area contributed by atoms with Gasteiger partial charge in [-0.1, -0.05) is 0 Å². The molecule has 0 spiro atoms. The highest BCUT2D eigenvalue weighted by molar-refractivity contribution is 5.88. The summed E-state index contributed by atoms with van der Waals surface area (Å²) < 4.78 is 10.8. The lowest BCUT2D eigenvalue weighted by atomic mass is 10.0. The molecule has 18 heavy (non-hydrogen) atoms. The molecule has 1 aliphatic heterocycles. The predicted molar refractivity (Wildman–Crippen MR) is 65.6 cm³/mol. The van der Waals surface area contributed by atoms with Crippen molar-refractivity contribution in [3.8, 4) is 0 Å². The molecule has 2 unspecified atom stereocenters. The molecule has 0 saturated carbocycles. The van der Waals surface area contributed by atoms with Crippen LogP contribution in [0.2, 0.25) is 0 Å². The molecule has 0 aliphatic carbocycles. The summed E-state index contributed by atoms with van der Waals surface area (Å²) in [6, 6.07) is 1.92. The molecule has 5 heteroatoms. The van der Waals surface area contributed by atoms with Gasteiger partial charge in [0.2, 0.25) is 0 Å². The molecular formula is C13H19NO4. The van der Waals surface area contributed by atoms with E-state index in [0.717, 1.165) is 19.6 Å². The van der Waals surface area contributed by atoms with Gasteiger partial charge >= 0.3 is 5.97 Å². The summed E-state index contributed by atoms with van der Waals surface area (Å²) in [5.41, 5.74) is 0.239. The van der Waals surface area contributed by atoms with Crippen LogP contribution in [0, 0.1) is 12.8 Å². The first-order valence-corrected chi connectivity index (χ1v) is 6.21. The highest BCUT2D eigenvalue weighted by atomic mass is 16.5. The van der Waals surface area contributed by atoms with Crippen molar-refractivity contribution in [3.05, 3.63) is 23.2 Å². The lowest BCUT2D eigenvalue weighted by molar-refractivity contribution is 0.0695. The summed E-state index contributed by atoms with van der Waals surface area (Å²) in [5, 5.41) is 12.3. The molecule has 1 aliphatic rings. The Bertz CT molecular complexity index is 421. The minimum Gasteiger partial charge on any atom is -0.478 e. The lowest BCUT2D eigenvalue weighted by Crippen LogP contribution is -2.33. The first kappa shape index (κ1) is 13.1. The maximum Gasteiger partial charge on any atom is 0.339 e. The Hall–Kier alpha value is -1.33. The van der Waals surface area contributed by atoms with Crippen LogP contribution in [0.4, 0.5) is 0 Å². The van der Waals surface area contributed by atoms with E-state index in [9.17, 15) is 4.79 Å². The number of aryl methyl sites for hydroxylation is 1. The Morgan fingerprint density at radius 2 is 2.44 bits per heavy atom. The zero-order chi connectivity index (χ0) is 13.1. The number of carboxylic acid groups (broad SMARTS) is 1. The molecule has 2 rings (SSSR count). The molecule has 2 atom stereocenters. The van der Waals surface area contributed by atoms with Gasteiger partial charge < -0.3 is 19.6 Å². The van der Waals surface area contributed by atoms with Gasteiger partial charge in [0.1, 0.15) is 17.1 Å². The van der Waals surface area contributed by atoms with E-state index in [1.807, 2.05) is 0 Å². The summed E-state index contributed by atoms with van der Waals surface area (Å²) in [4.78, 5) is 10.9. The molecule has 2 heterocycles. The van der Waals surface area contributed by atoms with E-state index >= 15 is 0 Å². The molecular weight excluding hydrogens is 234 g/mol. The van der Waals surface area contributed by atoms with E-state index in [1.165, 1.54) is 0 Å². The van der Waals surface area contributed by atoms with E-state index in [1.54, 1.807) is 13.0 Å². The van der Waals surface area contributed by atoms with Crippen molar-refractivity contribution in [2.75, 3.05) is 13.2 Å². The van der Waals surface area contributed by atoms with Gasteiger partial charge in [-0.05, 0) is 32.3 Å². The fourth-order valence-corrected chi connectivity index (χ4v) is 2.22. The number of carbonyl (C=O) groups is 1. The van der Waals surface area contributed by atoms with E-state index in [4.69, 9.17) is 14.3 Å².